The first-order chi connectivity index (χ1) is 8.25. The Morgan fingerprint density at radius 2 is 2.41 bits per heavy atom. The Kier molecular flexibility index (Phi) is 4.24. The fourth-order valence-corrected chi connectivity index (χ4v) is 2.71. The molecule has 1 amide bonds. The molecule has 1 aliphatic carbocycles. The molecule has 0 radical (unpaired) electrons. The van der Waals surface area contributed by atoms with E-state index < -0.39 is 0 Å². The highest BCUT2D eigenvalue weighted by molar-refractivity contribution is 5.91. The van der Waals surface area contributed by atoms with Crippen molar-refractivity contribution in [1.29, 1.82) is 0 Å². The van der Waals surface area contributed by atoms with E-state index in [-0.39, 0.29) is 5.91 Å². The second-order valence-corrected chi connectivity index (χ2v) is 5.16. The lowest BCUT2D eigenvalue weighted by Crippen LogP contribution is -2.26. The van der Waals surface area contributed by atoms with Crippen molar-refractivity contribution in [2.75, 3.05) is 6.54 Å². The van der Waals surface area contributed by atoms with Crippen molar-refractivity contribution in [2.24, 2.45) is 11.8 Å². The Labute approximate surface area is 103 Å². The van der Waals surface area contributed by atoms with Gasteiger partial charge in [0, 0.05) is 6.54 Å². The van der Waals surface area contributed by atoms with Crippen LogP contribution in [0.4, 0.5) is 0 Å². The van der Waals surface area contributed by atoms with Crippen molar-refractivity contribution in [3.05, 3.63) is 24.2 Å². The zero-order valence-electron chi connectivity index (χ0n) is 10.4. The number of hydrogen-bond acceptors (Lipinski definition) is 2. The monoisotopic (exact) mass is 235 g/mol. The third kappa shape index (κ3) is 3.62. The average molecular weight is 235 g/mol. The summed E-state index contributed by atoms with van der Waals surface area (Å²) in [6.45, 7) is 3.09. The van der Waals surface area contributed by atoms with Crippen molar-refractivity contribution in [3.8, 4) is 0 Å². The van der Waals surface area contributed by atoms with Crippen LogP contribution < -0.4 is 5.32 Å². The van der Waals surface area contributed by atoms with Crippen LogP contribution in [0.15, 0.2) is 22.8 Å². The van der Waals surface area contributed by atoms with E-state index in [0.29, 0.717) is 5.76 Å². The summed E-state index contributed by atoms with van der Waals surface area (Å²) in [4.78, 5) is 11.6. The lowest BCUT2D eigenvalue weighted by Gasteiger charge is -2.26. The highest BCUT2D eigenvalue weighted by Gasteiger charge is 2.18. The first-order valence-electron chi connectivity index (χ1n) is 6.57. The maximum atomic E-state index is 11.6. The first kappa shape index (κ1) is 12.2. The van der Waals surface area contributed by atoms with E-state index in [2.05, 4.69) is 12.2 Å². The van der Waals surface area contributed by atoms with Crippen LogP contribution in [0.1, 0.15) is 49.6 Å². The Balaban J connectivity index is 1.67. The van der Waals surface area contributed by atoms with Crippen molar-refractivity contribution >= 4 is 5.91 Å². The molecule has 2 unspecified atom stereocenters. The van der Waals surface area contributed by atoms with E-state index in [1.165, 1.54) is 31.9 Å². The fraction of sp³-hybridized carbons (Fsp3) is 0.643. The molecule has 0 aliphatic heterocycles. The minimum atomic E-state index is -0.0983. The molecule has 1 saturated carbocycles. The van der Waals surface area contributed by atoms with Gasteiger partial charge >= 0.3 is 0 Å². The van der Waals surface area contributed by atoms with Crippen molar-refractivity contribution in [3.63, 3.8) is 0 Å². The number of amides is 1. The number of furan rings is 1. The van der Waals surface area contributed by atoms with Gasteiger partial charge in [-0.05, 0) is 36.8 Å². The minimum absolute atomic E-state index is 0.0983. The molecule has 1 aromatic heterocycles. The summed E-state index contributed by atoms with van der Waals surface area (Å²) in [7, 11) is 0. The van der Waals surface area contributed by atoms with Crippen molar-refractivity contribution in [1.82, 2.24) is 5.32 Å². The van der Waals surface area contributed by atoms with Crippen LogP contribution in [0.25, 0.3) is 0 Å². The second kappa shape index (κ2) is 5.89. The molecule has 1 aromatic rings. The van der Waals surface area contributed by atoms with Gasteiger partial charge in [-0.15, -0.1) is 0 Å². The fourth-order valence-electron chi connectivity index (χ4n) is 2.71. The SMILES string of the molecule is CC1CCCC(CCNC(=O)c2ccco2)C1. The van der Waals surface area contributed by atoms with Gasteiger partial charge in [0.15, 0.2) is 5.76 Å². The van der Waals surface area contributed by atoms with Gasteiger partial charge in [-0.25, -0.2) is 0 Å². The molecule has 1 fully saturated rings. The molecule has 3 heteroatoms. The largest absolute Gasteiger partial charge is 0.459 e. The molecule has 2 rings (SSSR count). The molecular formula is C14H21NO2. The summed E-state index contributed by atoms with van der Waals surface area (Å²) in [6.07, 6.45) is 7.97. The highest BCUT2D eigenvalue weighted by Crippen LogP contribution is 2.30. The van der Waals surface area contributed by atoms with Crippen LogP contribution >= 0.6 is 0 Å². The standard InChI is InChI=1S/C14H21NO2/c1-11-4-2-5-12(10-11)7-8-15-14(16)13-6-3-9-17-13/h3,6,9,11-12H,2,4-5,7-8,10H2,1H3,(H,15,16). The third-order valence-electron chi connectivity index (χ3n) is 3.63. The molecule has 0 aromatic carbocycles. The van der Waals surface area contributed by atoms with E-state index in [9.17, 15) is 4.79 Å². The van der Waals surface area contributed by atoms with Gasteiger partial charge in [0.05, 0.1) is 6.26 Å². The summed E-state index contributed by atoms with van der Waals surface area (Å²) < 4.78 is 5.04. The zero-order valence-corrected chi connectivity index (χ0v) is 10.4. The van der Waals surface area contributed by atoms with Crippen molar-refractivity contribution < 1.29 is 9.21 Å². The van der Waals surface area contributed by atoms with Gasteiger partial charge in [0.2, 0.25) is 0 Å². The van der Waals surface area contributed by atoms with E-state index in [0.717, 1.165) is 24.8 Å². The summed E-state index contributed by atoms with van der Waals surface area (Å²) in [5, 5.41) is 2.91. The number of carbonyl (C=O) groups is 1. The number of carbonyl (C=O) groups excluding carboxylic acids is 1. The molecule has 94 valence electrons. The Bertz CT molecular complexity index is 345. The van der Waals surface area contributed by atoms with Gasteiger partial charge < -0.3 is 9.73 Å². The predicted octanol–water partition coefficient (Wildman–Crippen LogP) is 3.23. The van der Waals surface area contributed by atoms with Crippen LogP contribution in [-0.4, -0.2) is 12.5 Å². The van der Waals surface area contributed by atoms with E-state index in [1.54, 1.807) is 12.1 Å². The topological polar surface area (TPSA) is 42.2 Å². The van der Waals surface area contributed by atoms with Crippen molar-refractivity contribution in [2.45, 2.75) is 39.0 Å². The highest BCUT2D eigenvalue weighted by atomic mass is 16.3. The normalized spacial score (nSPS) is 24.5. The van der Waals surface area contributed by atoms with Gasteiger partial charge in [-0.2, -0.15) is 0 Å². The van der Waals surface area contributed by atoms with Crippen LogP contribution in [0, 0.1) is 11.8 Å². The maximum Gasteiger partial charge on any atom is 0.286 e. The molecule has 3 nitrogen and oxygen atoms in total. The lowest BCUT2D eigenvalue weighted by molar-refractivity contribution is 0.0922. The van der Waals surface area contributed by atoms with Crippen LogP contribution in [0.3, 0.4) is 0 Å². The average Bonchev–Trinajstić information content (AvgIpc) is 2.82. The van der Waals surface area contributed by atoms with Crippen LogP contribution in [0.5, 0.6) is 0 Å². The Hall–Kier alpha value is -1.25. The van der Waals surface area contributed by atoms with Crippen LogP contribution in [0.2, 0.25) is 0 Å². The summed E-state index contributed by atoms with van der Waals surface area (Å²) in [5.74, 6) is 1.95. The lowest BCUT2D eigenvalue weighted by atomic mass is 9.81. The van der Waals surface area contributed by atoms with E-state index in [4.69, 9.17) is 4.42 Å². The molecule has 0 saturated heterocycles. The quantitative estimate of drug-likeness (QED) is 0.870. The van der Waals surface area contributed by atoms with Crippen LogP contribution in [-0.2, 0) is 0 Å². The number of nitrogens with one attached hydrogen (secondary N) is 1. The Morgan fingerprint density at radius 3 is 3.12 bits per heavy atom. The molecule has 0 bridgehead atoms. The second-order valence-electron chi connectivity index (χ2n) is 5.16. The number of rotatable bonds is 4. The molecule has 17 heavy (non-hydrogen) atoms. The van der Waals surface area contributed by atoms with Gasteiger partial charge in [0.25, 0.3) is 5.91 Å². The first-order valence-corrected chi connectivity index (χ1v) is 6.57. The molecule has 2 atom stereocenters. The van der Waals surface area contributed by atoms with Gasteiger partial charge in [-0.1, -0.05) is 26.2 Å². The summed E-state index contributed by atoms with van der Waals surface area (Å²) >= 11 is 0. The number of hydrogen-bond donors (Lipinski definition) is 1. The Morgan fingerprint density at radius 1 is 1.53 bits per heavy atom. The maximum absolute atomic E-state index is 11.6. The summed E-state index contributed by atoms with van der Waals surface area (Å²) in [5.41, 5.74) is 0. The van der Waals surface area contributed by atoms with E-state index >= 15 is 0 Å². The predicted molar refractivity (Wildman–Crippen MR) is 66.8 cm³/mol. The van der Waals surface area contributed by atoms with E-state index in [1.807, 2.05) is 0 Å². The zero-order chi connectivity index (χ0) is 12.1. The molecule has 1 aliphatic rings. The molecule has 1 N–H and O–H groups in total. The smallest absolute Gasteiger partial charge is 0.286 e. The molecular weight excluding hydrogens is 214 g/mol. The molecule has 1 heterocycles. The van der Waals surface area contributed by atoms with Gasteiger partial charge in [-0.3, -0.25) is 4.79 Å². The summed E-state index contributed by atoms with van der Waals surface area (Å²) in [6, 6.07) is 3.43. The molecule has 0 spiro atoms. The van der Waals surface area contributed by atoms with Gasteiger partial charge in [0.1, 0.15) is 0 Å². The third-order valence-corrected chi connectivity index (χ3v) is 3.63. The minimum Gasteiger partial charge on any atom is -0.459 e.